The topological polar surface area (TPSA) is 79.3 Å². The van der Waals surface area contributed by atoms with Gasteiger partial charge in [-0.3, -0.25) is 9.59 Å². The van der Waals surface area contributed by atoms with Crippen LogP contribution < -0.4 is 5.32 Å². The Balaban J connectivity index is 2.17. The zero-order valence-corrected chi connectivity index (χ0v) is 11.0. The number of carbonyl (C=O) groups excluding carboxylic acids is 1. The number of aromatic nitrogens is 1. The minimum Gasteiger partial charge on any atom is -0.481 e. The summed E-state index contributed by atoms with van der Waals surface area (Å²) in [7, 11) is 0. The molecule has 1 atom stereocenters. The van der Waals surface area contributed by atoms with Crippen LogP contribution in [0.2, 0.25) is 0 Å². The second-order valence-electron chi connectivity index (χ2n) is 4.41. The standard InChI is InChI=1S/C12H16N2O3S/c1-2-4-9(15)13-12-14-10-7(11(16)17)5-3-6-8(10)18-12/h7H,2-6H2,1H3,(H,16,17)(H,13,14,15). The largest absolute Gasteiger partial charge is 0.481 e. The van der Waals surface area contributed by atoms with Crippen LogP contribution in [0.5, 0.6) is 0 Å². The number of fused-ring (bicyclic) bond motifs is 1. The molecule has 1 heterocycles. The quantitative estimate of drug-likeness (QED) is 0.878. The van der Waals surface area contributed by atoms with Gasteiger partial charge in [-0.2, -0.15) is 0 Å². The summed E-state index contributed by atoms with van der Waals surface area (Å²) in [5, 5.41) is 12.4. The molecule has 1 aliphatic carbocycles. The van der Waals surface area contributed by atoms with Gasteiger partial charge in [0.1, 0.15) is 5.92 Å². The van der Waals surface area contributed by atoms with E-state index in [1.54, 1.807) is 0 Å². The van der Waals surface area contributed by atoms with Crippen LogP contribution in [-0.2, 0) is 16.0 Å². The molecule has 0 fully saturated rings. The van der Waals surface area contributed by atoms with Gasteiger partial charge in [0.05, 0.1) is 5.69 Å². The van der Waals surface area contributed by atoms with Gasteiger partial charge in [0.15, 0.2) is 5.13 Å². The first-order valence-electron chi connectivity index (χ1n) is 6.14. The predicted octanol–water partition coefficient (Wildman–Crippen LogP) is 2.39. The van der Waals surface area contributed by atoms with Crippen molar-refractivity contribution in [2.24, 2.45) is 0 Å². The summed E-state index contributed by atoms with van der Waals surface area (Å²) in [6.45, 7) is 1.94. The third-order valence-electron chi connectivity index (χ3n) is 2.98. The molecular formula is C12H16N2O3S. The molecule has 0 bridgehead atoms. The molecule has 0 aromatic carbocycles. The van der Waals surface area contributed by atoms with Crippen LogP contribution in [0.1, 0.15) is 49.1 Å². The van der Waals surface area contributed by atoms with Gasteiger partial charge in [0.2, 0.25) is 5.91 Å². The van der Waals surface area contributed by atoms with Crippen LogP contribution in [0.4, 0.5) is 5.13 Å². The number of hydrogen-bond acceptors (Lipinski definition) is 4. The zero-order valence-electron chi connectivity index (χ0n) is 10.2. The molecule has 0 aliphatic heterocycles. The fourth-order valence-corrected chi connectivity index (χ4v) is 3.20. The maximum absolute atomic E-state index is 11.5. The highest BCUT2D eigenvalue weighted by atomic mass is 32.1. The number of aryl methyl sites for hydroxylation is 1. The first kappa shape index (κ1) is 13.0. The molecule has 1 unspecified atom stereocenters. The van der Waals surface area contributed by atoms with Crippen molar-refractivity contribution >= 4 is 28.3 Å². The SMILES string of the molecule is CCCC(=O)Nc1nc2c(s1)CCCC2C(=O)O. The average molecular weight is 268 g/mol. The Kier molecular flexibility index (Phi) is 3.96. The van der Waals surface area contributed by atoms with E-state index >= 15 is 0 Å². The summed E-state index contributed by atoms with van der Waals surface area (Å²) in [6.07, 6.45) is 3.62. The van der Waals surface area contributed by atoms with Gasteiger partial charge in [-0.1, -0.05) is 6.92 Å². The lowest BCUT2D eigenvalue weighted by atomic mass is 9.91. The molecule has 5 nitrogen and oxygen atoms in total. The Morgan fingerprint density at radius 1 is 1.56 bits per heavy atom. The molecule has 1 aromatic heterocycles. The van der Waals surface area contributed by atoms with Gasteiger partial charge in [0.25, 0.3) is 0 Å². The van der Waals surface area contributed by atoms with E-state index < -0.39 is 11.9 Å². The fourth-order valence-electron chi connectivity index (χ4n) is 2.12. The Morgan fingerprint density at radius 2 is 2.33 bits per heavy atom. The summed E-state index contributed by atoms with van der Waals surface area (Å²) >= 11 is 1.40. The number of nitrogens with zero attached hydrogens (tertiary/aromatic N) is 1. The summed E-state index contributed by atoms with van der Waals surface area (Å²) in [5.74, 6) is -1.40. The lowest BCUT2D eigenvalue weighted by molar-refractivity contribution is -0.139. The Bertz CT molecular complexity index is 470. The van der Waals surface area contributed by atoms with Crippen LogP contribution in [0, 0.1) is 0 Å². The van der Waals surface area contributed by atoms with Crippen molar-refractivity contribution in [1.82, 2.24) is 4.98 Å². The molecule has 0 saturated heterocycles. The number of hydrogen-bond donors (Lipinski definition) is 2. The van der Waals surface area contributed by atoms with Crippen LogP contribution in [0.15, 0.2) is 0 Å². The Morgan fingerprint density at radius 3 is 3.00 bits per heavy atom. The van der Waals surface area contributed by atoms with Crippen molar-refractivity contribution in [3.8, 4) is 0 Å². The number of nitrogens with one attached hydrogen (secondary N) is 1. The summed E-state index contributed by atoms with van der Waals surface area (Å²) < 4.78 is 0. The van der Waals surface area contributed by atoms with Gasteiger partial charge in [0, 0.05) is 11.3 Å². The highest BCUT2D eigenvalue weighted by Gasteiger charge is 2.30. The molecular weight excluding hydrogens is 252 g/mol. The van der Waals surface area contributed by atoms with Crippen molar-refractivity contribution in [3.05, 3.63) is 10.6 Å². The number of aliphatic carboxylic acids is 1. The number of anilines is 1. The van der Waals surface area contributed by atoms with Gasteiger partial charge < -0.3 is 10.4 Å². The molecule has 2 rings (SSSR count). The van der Waals surface area contributed by atoms with Gasteiger partial charge in [-0.05, 0) is 25.7 Å². The van der Waals surface area contributed by atoms with Gasteiger partial charge in [-0.15, -0.1) is 11.3 Å². The lowest BCUT2D eigenvalue weighted by Crippen LogP contribution is -2.17. The van der Waals surface area contributed by atoms with Crippen molar-refractivity contribution in [2.75, 3.05) is 5.32 Å². The molecule has 0 spiro atoms. The summed E-state index contributed by atoms with van der Waals surface area (Å²) in [6, 6.07) is 0. The van der Waals surface area contributed by atoms with Crippen molar-refractivity contribution in [1.29, 1.82) is 0 Å². The molecule has 2 N–H and O–H groups in total. The van der Waals surface area contributed by atoms with Crippen LogP contribution >= 0.6 is 11.3 Å². The highest BCUT2D eigenvalue weighted by molar-refractivity contribution is 7.15. The van der Waals surface area contributed by atoms with E-state index in [1.165, 1.54) is 11.3 Å². The second kappa shape index (κ2) is 5.48. The third kappa shape index (κ3) is 2.69. The van der Waals surface area contributed by atoms with E-state index in [-0.39, 0.29) is 5.91 Å². The first-order valence-corrected chi connectivity index (χ1v) is 6.95. The minimum atomic E-state index is -0.826. The zero-order chi connectivity index (χ0) is 13.1. The molecule has 1 aliphatic rings. The van der Waals surface area contributed by atoms with Gasteiger partial charge in [-0.25, -0.2) is 4.98 Å². The van der Waals surface area contributed by atoms with Gasteiger partial charge >= 0.3 is 5.97 Å². The van der Waals surface area contributed by atoms with Crippen molar-refractivity contribution in [3.63, 3.8) is 0 Å². The lowest BCUT2D eigenvalue weighted by Gasteiger charge is -2.16. The minimum absolute atomic E-state index is 0.0597. The number of rotatable bonds is 4. The van der Waals surface area contributed by atoms with Crippen LogP contribution in [-0.4, -0.2) is 22.0 Å². The van der Waals surface area contributed by atoms with E-state index in [1.807, 2.05) is 6.92 Å². The molecule has 18 heavy (non-hydrogen) atoms. The molecule has 0 radical (unpaired) electrons. The van der Waals surface area contributed by atoms with Crippen LogP contribution in [0.3, 0.4) is 0 Å². The third-order valence-corrected chi connectivity index (χ3v) is 4.02. The monoisotopic (exact) mass is 268 g/mol. The number of amides is 1. The Hall–Kier alpha value is -1.43. The summed E-state index contributed by atoms with van der Waals surface area (Å²) in [5.41, 5.74) is 0.644. The number of carboxylic acid groups (broad SMARTS) is 1. The molecule has 1 amide bonds. The Labute approximate surface area is 109 Å². The first-order chi connectivity index (χ1) is 8.61. The maximum Gasteiger partial charge on any atom is 0.312 e. The fraction of sp³-hybridized carbons (Fsp3) is 0.583. The second-order valence-corrected chi connectivity index (χ2v) is 5.49. The average Bonchev–Trinajstić information content (AvgIpc) is 2.70. The highest BCUT2D eigenvalue weighted by Crippen LogP contribution is 2.36. The molecule has 1 aromatic rings. The molecule has 6 heteroatoms. The molecule has 0 saturated carbocycles. The number of carbonyl (C=O) groups is 2. The smallest absolute Gasteiger partial charge is 0.312 e. The van der Waals surface area contributed by atoms with E-state index in [9.17, 15) is 9.59 Å². The van der Waals surface area contributed by atoms with Crippen molar-refractivity contribution < 1.29 is 14.7 Å². The number of thiazole rings is 1. The summed E-state index contributed by atoms with van der Waals surface area (Å²) in [4.78, 5) is 27.9. The normalized spacial score (nSPS) is 18.2. The maximum atomic E-state index is 11.5. The van der Waals surface area contributed by atoms with E-state index in [0.717, 1.165) is 24.1 Å². The predicted molar refractivity (Wildman–Crippen MR) is 69.0 cm³/mol. The number of carboxylic acids is 1. The van der Waals surface area contributed by atoms with Crippen molar-refractivity contribution in [2.45, 2.75) is 44.9 Å². The van der Waals surface area contributed by atoms with Crippen LogP contribution in [0.25, 0.3) is 0 Å². The molecule has 98 valence electrons. The van der Waals surface area contributed by atoms with E-state index in [2.05, 4.69) is 10.3 Å². The van der Waals surface area contributed by atoms with E-state index in [0.29, 0.717) is 23.7 Å². The van der Waals surface area contributed by atoms with E-state index in [4.69, 9.17) is 5.11 Å².